The zero-order valence-electron chi connectivity index (χ0n) is 16.2. The summed E-state index contributed by atoms with van der Waals surface area (Å²) < 4.78 is 0. The lowest BCUT2D eigenvalue weighted by Crippen LogP contribution is -2.48. The number of rotatable bonds is 4. The van der Waals surface area contributed by atoms with Crippen LogP contribution in [0.15, 0.2) is 35.3 Å². The highest BCUT2D eigenvalue weighted by Gasteiger charge is 2.29. The normalized spacial score (nSPS) is 24.0. The molecule has 2 saturated heterocycles. The van der Waals surface area contributed by atoms with Crippen molar-refractivity contribution in [1.29, 1.82) is 0 Å². The molecule has 2 heterocycles. The van der Waals surface area contributed by atoms with Gasteiger partial charge in [0.2, 0.25) is 5.91 Å². The van der Waals surface area contributed by atoms with Crippen molar-refractivity contribution in [2.75, 3.05) is 39.3 Å². The molecule has 2 atom stereocenters. The maximum Gasteiger partial charge on any atom is 0.244 e. The van der Waals surface area contributed by atoms with E-state index in [1.54, 1.807) is 0 Å². The van der Waals surface area contributed by atoms with Gasteiger partial charge in [-0.15, -0.1) is 0 Å². The second-order valence-electron chi connectivity index (χ2n) is 7.49. The molecule has 0 bridgehead atoms. The molecule has 1 aromatic rings. The summed E-state index contributed by atoms with van der Waals surface area (Å²) in [6.07, 6.45) is 3.37. The first-order valence-corrected chi connectivity index (χ1v) is 10.0. The van der Waals surface area contributed by atoms with E-state index in [0.29, 0.717) is 11.8 Å². The molecule has 2 fully saturated rings. The highest BCUT2D eigenvalue weighted by molar-refractivity contribution is 5.85. The Bertz CT molecular complexity index is 610. The minimum atomic E-state index is 0.158. The van der Waals surface area contributed by atoms with Crippen LogP contribution in [-0.2, 0) is 4.79 Å². The lowest BCUT2D eigenvalue weighted by molar-refractivity contribution is -0.128. The molecule has 5 nitrogen and oxygen atoms in total. The van der Waals surface area contributed by atoms with Gasteiger partial charge in [-0.05, 0) is 43.6 Å². The number of amides is 1. The molecule has 0 radical (unpaired) electrons. The molecule has 0 aliphatic carbocycles. The van der Waals surface area contributed by atoms with Crippen molar-refractivity contribution in [2.24, 2.45) is 10.9 Å². The van der Waals surface area contributed by atoms with Gasteiger partial charge in [0.1, 0.15) is 6.54 Å². The second-order valence-corrected chi connectivity index (χ2v) is 7.49. The molecule has 2 aliphatic rings. The first-order valence-electron chi connectivity index (χ1n) is 10.0. The molecule has 1 N–H and O–H groups in total. The summed E-state index contributed by atoms with van der Waals surface area (Å²) in [5, 5.41) is 3.38. The van der Waals surface area contributed by atoms with Crippen LogP contribution in [0.25, 0.3) is 0 Å². The number of aliphatic imine (C=N–C) groups is 1. The summed E-state index contributed by atoms with van der Waals surface area (Å²) in [6.45, 7) is 9.23. The Labute approximate surface area is 157 Å². The Morgan fingerprint density at radius 1 is 1.15 bits per heavy atom. The topological polar surface area (TPSA) is 47.9 Å². The molecule has 1 amide bonds. The summed E-state index contributed by atoms with van der Waals surface area (Å²) in [5.41, 5.74) is 1.44. The first-order chi connectivity index (χ1) is 12.7. The summed E-state index contributed by atoms with van der Waals surface area (Å²) in [5.74, 6) is 2.20. The molecule has 5 heteroatoms. The van der Waals surface area contributed by atoms with Crippen LogP contribution in [0.3, 0.4) is 0 Å². The molecule has 142 valence electrons. The standard InChI is InChI=1S/C21H32N4O/c1-3-22-21(23-15-20(26)24-12-7-8-13-24)25-14-11-19(17(2)16-25)18-9-5-4-6-10-18/h4-6,9-10,17,19H,3,7-8,11-16H2,1-2H3,(H,22,23). The van der Waals surface area contributed by atoms with Crippen LogP contribution in [0.4, 0.5) is 0 Å². The van der Waals surface area contributed by atoms with Crippen LogP contribution >= 0.6 is 0 Å². The number of likely N-dealkylation sites (tertiary alicyclic amines) is 2. The fraction of sp³-hybridized carbons (Fsp3) is 0.619. The molecule has 0 aromatic heterocycles. The molecule has 3 rings (SSSR count). The van der Waals surface area contributed by atoms with Crippen molar-refractivity contribution in [1.82, 2.24) is 15.1 Å². The largest absolute Gasteiger partial charge is 0.357 e. The lowest BCUT2D eigenvalue weighted by atomic mass is 9.82. The van der Waals surface area contributed by atoms with E-state index in [9.17, 15) is 4.79 Å². The molecule has 26 heavy (non-hydrogen) atoms. The molecule has 0 saturated carbocycles. The van der Waals surface area contributed by atoms with Crippen molar-refractivity contribution in [3.63, 3.8) is 0 Å². The Hall–Kier alpha value is -2.04. The third-order valence-corrected chi connectivity index (χ3v) is 5.59. The molecule has 2 unspecified atom stereocenters. The van der Waals surface area contributed by atoms with Gasteiger partial charge >= 0.3 is 0 Å². The van der Waals surface area contributed by atoms with Crippen molar-refractivity contribution in [2.45, 2.75) is 39.0 Å². The number of nitrogens with one attached hydrogen (secondary N) is 1. The fourth-order valence-electron chi connectivity index (χ4n) is 4.17. The third-order valence-electron chi connectivity index (χ3n) is 5.59. The third kappa shape index (κ3) is 4.57. The van der Waals surface area contributed by atoms with E-state index in [1.165, 1.54) is 5.56 Å². The van der Waals surface area contributed by atoms with E-state index in [0.717, 1.165) is 57.9 Å². The summed E-state index contributed by atoms with van der Waals surface area (Å²) >= 11 is 0. The van der Waals surface area contributed by atoms with Gasteiger partial charge in [0, 0.05) is 32.7 Å². The lowest BCUT2D eigenvalue weighted by Gasteiger charge is -2.39. The van der Waals surface area contributed by atoms with Crippen LogP contribution in [0, 0.1) is 5.92 Å². The highest BCUT2D eigenvalue weighted by Crippen LogP contribution is 2.32. The zero-order chi connectivity index (χ0) is 18.4. The van der Waals surface area contributed by atoms with Crippen LogP contribution < -0.4 is 5.32 Å². The SMILES string of the molecule is CCNC(=NCC(=O)N1CCCC1)N1CCC(c2ccccc2)C(C)C1. The summed E-state index contributed by atoms with van der Waals surface area (Å²) in [7, 11) is 0. The van der Waals surface area contributed by atoms with Gasteiger partial charge in [-0.25, -0.2) is 4.99 Å². The summed E-state index contributed by atoms with van der Waals surface area (Å²) in [4.78, 5) is 21.2. The van der Waals surface area contributed by atoms with Crippen molar-refractivity contribution in [3.8, 4) is 0 Å². The van der Waals surface area contributed by atoms with E-state index >= 15 is 0 Å². The molecule has 0 spiro atoms. The molecular weight excluding hydrogens is 324 g/mol. The Kier molecular flexibility index (Phi) is 6.53. The average molecular weight is 357 g/mol. The number of nitrogens with zero attached hydrogens (tertiary/aromatic N) is 3. The van der Waals surface area contributed by atoms with E-state index in [-0.39, 0.29) is 12.5 Å². The highest BCUT2D eigenvalue weighted by atomic mass is 16.2. The van der Waals surface area contributed by atoms with E-state index in [2.05, 4.69) is 59.4 Å². The Balaban J connectivity index is 1.61. The van der Waals surface area contributed by atoms with Gasteiger partial charge in [-0.2, -0.15) is 0 Å². The van der Waals surface area contributed by atoms with Gasteiger partial charge in [0.15, 0.2) is 5.96 Å². The molecule has 1 aromatic carbocycles. The average Bonchev–Trinajstić information content (AvgIpc) is 3.20. The Morgan fingerprint density at radius 3 is 2.54 bits per heavy atom. The number of carbonyl (C=O) groups excluding carboxylic acids is 1. The van der Waals surface area contributed by atoms with E-state index < -0.39 is 0 Å². The second kappa shape index (κ2) is 9.06. The zero-order valence-corrected chi connectivity index (χ0v) is 16.2. The van der Waals surface area contributed by atoms with Gasteiger partial charge in [-0.1, -0.05) is 37.3 Å². The number of guanidine groups is 1. The van der Waals surface area contributed by atoms with E-state index in [1.807, 2.05) is 4.90 Å². The number of hydrogen-bond acceptors (Lipinski definition) is 2. The van der Waals surface area contributed by atoms with Gasteiger partial charge in [-0.3, -0.25) is 4.79 Å². The maximum atomic E-state index is 12.3. The van der Waals surface area contributed by atoms with Crippen LogP contribution in [-0.4, -0.2) is 60.9 Å². The van der Waals surface area contributed by atoms with Crippen LogP contribution in [0.5, 0.6) is 0 Å². The predicted octanol–water partition coefficient (Wildman–Crippen LogP) is 2.70. The van der Waals surface area contributed by atoms with Gasteiger partial charge < -0.3 is 15.1 Å². The Morgan fingerprint density at radius 2 is 1.88 bits per heavy atom. The van der Waals surface area contributed by atoms with Crippen molar-refractivity contribution in [3.05, 3.63) is 35.9 Å². The summed E-state index contributed by atoms with van der Waals surface area (Å²) in [6, 6.07) is 10.8. The number of carbonyl (C=O) groups is 1. The predicted molar refractivity (Wildman–Crippen MR) is 106 cm³/mol. The smallest absolute Gasteiger partial charge is 0.244 e. The molecular formula is C21H32N4O. The minimum Gasteiger partial charge on any atom is -0.357 e. The van der Waals surface area contributed by atoms with E-state index in [4.69, 9.17) is 0 Å². The van der Waals surface area contributed by atoms with Crippen LogP contribution in [0.2, 0.25) is 0 Å². The maximum absolute atomic E-state index is 12.3. The van der Waals surface area contributed by atoms with Crippen molar-refractivity contribution >= 4 is 11.9 Å². The number of piperidine rings is 1. The number of benzene rings is 1. The van der Waals surface area contributed by atoms with Crippen LogP contribution in [0.1, 0.15) is 44.6 Å². The first kappa shape index (κ1) is 18.7. The monoisotopic (exact) mass is 356 g/mol. The minimum absolute atomic E-state index is 0.158. The van der Waals surface area contributed by atoms with Gasteiger partial charge in [0.25, 0.3) is 0 Å². The number of hydrogen-bond donors (Lipinski definition) is 1. The fourth-order valence-corrected chi connectivity index (χ4v) is 4.17. The quantitative estimate of drug-likeness (QED) is 0.666. The van der Waals surface area contributed by atoms with Gasteiger partial charge in [0.05, 0.1) is 0 Å². The van der Waals surface area contributed by atoms with Crippen molar-refractivity contribution < 1.29 is 4.79 Å². The molecule has 2 aliphatic heterocycles.